The van der Waals surface area contributed by atoms with Gasteiger partial charge in [0.25, 0.3) is 5.91 Å². The molecule has 2 aliphatic rings. The molecule has 0 bridgehead atoms. The van der Waals surface area contributed by atoms with Crippen LogP contribution >= 0.6 is 0 Å². The molecule has 29 heavy (non-hydrogen) atoms. The summed E-state index contributed by atoms with van der Waals surface area (Å²) in [5.41, 5.74) is 6.06. The zero-order valence-electron chi connectivity index (χ0n) is 16.4. The zero-order chi connectivity index (χ0) is 19.6. The normalized spacial score (nSPS) is 20.0. The zero-order valence-corrected chi connectivity index (χ0v) is 16.4. The third kappa shape index (κ3) is 3.56. The number of hydrogen-bond donors (Lipinski definition) is 1. The number of allylic oxidation sites excluding steroid dienone is 1. The van der Waals surface area contributed by atoms with E-state index in [2.05, 4.69) is 23.5 Å². The molecule has 1 aromatic heterocycles. The molecule has 0 spiro atoms. The Labute approximate surface area is 170 Å². The molecule has 0 saturated carbocycles. The highest BCUT2D eigenvalue weighted by Crippen LogP contribution is 2.37. The minimum atomic E-state index is -0.00342. The van der Waals surface area contributed by atoms with Gasteiger partial charge in [-0.1, -0.05) is 48.5 Å². The smallest absolute Gasteiger partial charge is 0.252 e. The lowest BCUT2D eigenvalue weighted by Gasteiger charge is -2.24. The van der Waals surface area contributed by atoms with Crippen LogP contribution in [0.15, 0.2) is 54.6 Å². The maximum Gasteiger partial charge on any atom is 0.252 e. The van der Waals surface area contributed by atoms with Crippen molar-refractivity contribution >= 4 is 28.5 Å². The van der Waals surface area contributed by atoms with Crippen LogP contribution in [0.1, 0.15) is 46.4 Å². The first kappa shape index (κ1) is 18.1. The van der Waals surface area contributed by atoms with Gasteiger partial charge in [0.1, 0.15) is 0 Å². The van der Waals surface area contributed by atoms with Gasteiger partial charge in [0.2, 0.25) is 0 Å². The number of ether oxygens (including phenoxy) is 1. The van der Waals surface area contributed by atoms with Gasteiger partial charge in [0, 0.05) is 12.0 Å². The fourth-order valence-corrected chi connectivity index (χ4v) is 4.40. The molecule has 146 valence electrons. The van der Waals surface area contributed by atoms with Gasteiger partial charge in [-0.15, -0.1) is 0 Å². The Kier molecular flexibility index (Phi) is 4.86. The first-order chi connectivity index (χ1) is 14.3. The van der Waals surface area contributed by atoms with Crippen LogP contribution in [0.3, 0.4) is 0 Å². The Morgan fingerprint density at radius 2 is 1.90 bits per heavy atom. The highest BCUT2D eigenvalue weighted by atomic mass is 16.5. The number of carbonyl (C=O) groups is 1. The van der Waals surface area contributed by atoms with E-state index in [1.54, 1.807) is 0 Å². The molecule has 1 amide bonds. The van der Waals surface area contributed by atoms with E-state index < -0.39 is 0 Å². The van der Waals surface area contributed by atoms with Crippen molar-refractivity contribution in [2.24, 2.45) is 0 Å². The van der Waals surface area contributed by atoms with Crippen molar-refractivity contribution in [3.63, 3.8) is 0 Å². The summed E-state index contributed by atoms with van der Waals surface area (Å²) in [6.07, 6.45) is 5.90. The van der Waals surface area contributed by atoms with Gasteiger partial charge in [0.05, 0.1) is 29.4 Å². The standard InChI is InChI=1S/C25H24N2O2/c28-25(26-19-9-6-14-29-16-19)23-20-10-4-5-11-22(20)27-24-18(12-13-21(23)24)15-17-7-2-1-3-8-17/h1-5,7-8,10-11,15,19H,6,9,12-14,16H2,(H,26,28)/b18-15-. The second-order valence-electron chi connectivity index (χ2n) is 7.80. The summed E-state index contributed by atoms with van der Waals surface area (Å²) < 4.78 is 5.55. The van der Waals surface area contributed by atoms with E-state index in [9.17, 15) is 4.79 Å². The summed E-state index contributed by atoms with van der Waals surface area (Å²) in [6, 6.07) is 18.4. The van der Waals surface area contributed by atoms with Crippen LogP contribution in [-0.2, 0) is 11.2 Å². The molecule has 0 radical (unpaired) electrons. The van der Waals surface area contributed by atoms with E-state index in [1.165, 1.54) is 5.57 Å². The Bertz CT molecular complexity index is 1080. The first-order valence-electron chi connectivity index (χ1n) is 10.4. The maximum absolute atomic E-state index is 13.3. The van der Waals surface area contributed by atoms with Crippen LogP contribution in [0.2, 0.25) is 0 Å². The van der Waals surface area contributed by atoms with Crippen molar-refractivity contribution in [1.82, 2.24) is 10.3 Å². The molecule has 1 fully saturated rings. The predicted molar refractivity (Wildman–Crippen MR) is 116 cm³/mol. The molecule has 1 aliphatic carbocycles. The lowest BCUT2D eigenvalue weighted by molar-refractivity contribution is 0.0624. The molecule has 1 aliphatic heterocycles. The number of carbonyl (C=O) groups excluding carboxylic acids is 1. The van der Waals surface area contributed by atoms with Crippen molar-refractivity contribution in [3.8, 4) is 0 Å². The van der Waals surface area contributed by atoms with E-state index in [4.69, 9.17) is 9.72 Å². The van der Waals surface area contributed by atoms with Crippen molar-refractivity contribution in [2.45, 2.75) is 31.7 Å². The van der Waals surface area contributed by atoms with E-state index >= 15 is 0 Å². The lowest BCUT2D eigenvalue weighted by Crippen LogP contribution is -2.41. The van der Waals surface area contributed by atoms with Gasteiger partial charge < -0.3 is 10.1 Å². The molecule has 1 N–H and O–H groups in total. The van der Waals surface area contributed by atoms with E-state index in [1.807, 2.05) is 42.5 Å². The highest BCUT2D eigenvalue weighted by Gasteiger charge is 2.28. The second-order valence-corrected chi connectivity index (χ2v) is 7.80. The number of benzene rings is 2. The number of para-hydroxylation sites is 1. The van der Waals surface area contributed by atoms with Crippen LogP contribution in [-0.4, -0.2) is 30.1 Å². The van der Waals surface area contributed by atoms with E-state index in [0.717, 1.165) is 65.6 Å². The summed E-state index contributed by atoms with van der Waals surface area (Å²) in [4.78, 5) is 18.3. The summed E-state index contributed by atoms with van der Waals surface area (Å²) in [7, 11) is 0. The van der Waals surface area contributed by atoms with Crippen LogP contribution in [0, 0.1) is 0 Å². The van der Waals surface area contributed by atoms with Gasteiger partial charge in [-0.3, -0.25) is 4.79 Å². The number of rotatable bonds is 3. The number of aromatic nitrogens is 1. The summed E-state index contributed by atoms with van der Waals surface area (Å²) in [5.74, 6) is -0.00342. The third-order valence-corrected chi connectivity index (χ3v) is 5.80. The monoisotopic (exact) mass is 384 g/mol. The average molecular weight is 384 g/mol. The van der Waals surface area contributed by atoms with E-state index in [0.29, 0.717) is 6.61 Å². The molecule has 4 nitrogen and oxygen atoms in total. The minimum absolute atomic E-state index is 0.00342. The van der Waals surface area contributed by atoms with Gasteiger partial charge in [0.15, 0.2) is 0 Å². The molecule has 1 atom stereocenters. The molecule has 3 aromatic rings. The molecule has 2 heterocycles. The molecule has 4 heteroatoms. The Morgan fingerprint density at radius 3 is 2.72 bits per heavy atom. The second kappa shape index (κ2) is 7.80. The van der Waals surface area contributed by atoms with Gasteiger partial charge in [-0.05, 0) is 54.5 Å². The number of hydrogen-bond acceptors (Lipinski definition) is 3. The van der Waals surface area contributed by atoms with Gasteiger partial charge in [-0.25, -0.2) is 4.98 Å². The molecule has 2 aromatic carbocycles. The highest BCUT2D eigenvalue weighted by molar-refractivity contribution is 6.09. The van der Waals surface area contributed by atoms with Gasteiger partial charge in [-0.2, -0.15) is 0 Å². The Hall–Kier alpha value is -2.98. The molecule has 1 unspecified atom stereocenters. The molecular formula is C25H24N2O2. The Morgan fingerprint density at radius 1 is 1.07 bits per heavy atom. The van der Waals surface area contributed by atoms with Crippen LogP contribution in [0.4, 0.5) is 0 Å². The summed E-state index contributed by atoms with van der Waals surface area (Å²) in [6.45, 7) is 1.38. The van der Waals surface area contributed by atoms with Gasteiger partial charge >= 0.3 is 0 Å². The summed E-state index contributed by atoms with van der Waals surface area (Å²) in [5, 5.41) is 4.14. The number of fused-ring (bicyclic) bond motifs is 2. The first-order valence-corrected chi connectivity index (χ1v) is 10.4. The summed E-state index contributed by atoms with van der Waals surface area (Å²) >= 11 is 0. The van der Waals surface area contributed by atoms with Crippen molar-refractivity contribution < 1.29 is 9.53 Å². The number of pyridine rings is 1. The van der Waals surface area contributed by atoms with Crippen LogP contribution in [0.25, 0.3) is 22.6 Å². The SMILES string of the molecule is O=C(NC1CCCOC1)c1c2c(nc3ccccc13)/C(=C\c1ccccc1)CC2. The fraction of sp³-hybridized carbons (Fsp3) is 0.280. The van der Waals surface area contributed by atoms with Crippen LogP contribution in [0.5, 0.6) is 0 Å². The van der Waals surface area contributed by atoms with Crippen molar-refractivity contribution in [3.05, 3.63) is 77.0 Å². The average Bonchev–Trinajstić information content (AvgIpc) is 3.15. The minimum Gasteiger partial charge on any atom is -0.379 e. The lowest BCUT2D eigenvalue weighted by atomic mass is 9.99. The maximum atomic E-state index is 13.3. The van der Waals surface area contributed by atoms with Crippen LogP contribution < -0.4 is 5.32 Å². The molecule has 5 rings (SSSR count). The molecular weight excluding hydrogens is 360 g/mol. The van der Waals surface area contributed by atoms with Crippen molar-refractivity contribution in [1.29, 1.82) is 0 Å². The van der Waals surface area contributed by atoms with Crippen molar-refractivity contribution in [2.75, 3.05) is 13.2 Å². The number of amides is 1. The van der Waals surface area contributed by atoms with E-state index in [-0.39, 0.29) is 11.9 Å². The molecule has 1 saturated heterocycles. The predicted octanol–water partition coefficient (Wildman–Crippen LogP) is 4.63. The third-order valence-electron chi connectivity index (χ3n) is 5.80. The quantitative estimate of drug-likeness (QED) is 0.716. The fourth-order valence-electron chi connectivity index (χ4n) is 4.40. The topological polar surface area (TPSA) is 51.2 Å². The number of nitrogens with zero attached hydrogens (tertiary/aromatic N) is 1. The Balaban J connectivity index is 1.59. The number of nitrogens with one attached hydrogen (secondary N) is 1. The largest absolute Gasteiger partial charge is 0.379 e.